The molecule has 0 saturated carbocycles. The summed E-state index contributed by atoms with van der Waals surface area (Å²) in [5.74, 6) is 0.0215. The lowest BCUT2D eigenvalue weighted by molar-refractivity contribution is -0.769. The molecule has 0 amide bonds. The first-order valence-electron chi connectivity index (χ1n) is 17.2. The number of methoxy groups -OCH3 is 1. The number of H-pyrrole nitrogens is 1. The fourth-order valence-electron chi connectivity index (χ4n) is 8.02. The maximum atomic E-state index is 14.4. The number of benzene rings is 3. The molecule has 0 radical (unpaired) electrons. The minimum absolute atomic E-state index is 0.189. The standard InChI is InChI=1S/C39H39ClFN5O4/c1-22-34-31-12-11-30(40)36(34)35-23(2)42-46-15-17-50-32(38(35)46)13-8-27-21-28(44(3)43-27)9-6-24-18-25-20-26(41)7-10-29(25)33(19-24)49-16-5-14-45(31)37(22)39(47)48-4/h7,10-12,18-21,32H,5-6,8-9,13-17H2,1-4H3/p+1. The van der Waals surface area contributed by atoms with Gasteiger partial charge in [-0.15, -0.1) is 4.68 Å². The largest absolute Gasteiger partial charge is 0.493 e. The second-order valence-electron chi connectivity index (χ2n) is 13.4. The van der Waals surface area contributed by atoms with Gasteiger partial charge in [-0.05, 0) is 105 Å². The Labute approximate surface area is 294 Å². The molecule has 0 saturated heterocycles. The molecule has 5 heterocycles. The summed E-state index contributed by atoms with van der Waals surface area (Å²) in [5.41, 5.74) is 9.29. The molecule has 11 heteroatoms. The summed E-state index contributed by atoms with van der Waals surface area (Å²) in [6.45, 7) is 6.22. The van der Waals surface area contributed by atoms with Crippen LogP contribution in [0, 0.1) is 19.7 Å². The van der Waals surface area contributed by atoms with Crippen LogP contribution in [0.2, 0.25) is 5.02 Å². The van der Waals surface area contributed by atoms with Crippen LogP contribution in [-0.2, 0) is 48.9 Å². The van der Waals surface area contributed by atoms with Gasteiger partial charge in [0.15, 0.2) is 6.54 Å². The summed E-state index contributed by atoms with van der Waals surface area (Å²) in [6.07, 6.45) is 3.41. The number of ether oxygens (including phenoxy) is 3. The highest BCUT2D eigenvalue weighted by atomic mass is 35.5. The van der Waals surface area contributed by atoms with E-state index in [-0.39, 0.29) is 11.9 Å². The van der Waals surface area contributed by atoms with Crippen molar-refractivity contribution in [2.75, 3.05) is 20.3 Å². The lowest BCUT2D eigenvalue weighted by atomic mass is 9.93. The maximum absolute atomic E-state index is 14.4. The summed E-state index contributed by atoms with van der Waals surface area (Å²) in [7, 11) is 3.40. The number of halogens is 2. The zero-order chi connectivity index (χ0) is 34.7. The predicted octanol–water partition coefficient (Wildman–Crippen LogP) is 7.28. The smallest absolute Gasteiger partial charge is 0.354 e. The zero-order valence-corrected chi connectivity index (χ0v) is 29.5. The molecule has 1 N–H and O–H groups in total. The topological polar surface area (TPSA) is 87.2 Å². The van der Waals surface area contributed by atoms with E-state index in [1.54, 1.807) is 12.1 Å². The first-order chi connectivity index (χ1) is 24.2. The van der Waals surface area contributed by atoms with Crippen molar-refractivity contribution < 1.29 is 28.1 Å². The van der Waals surface area contributed by atoms with Gasteiger partial charge in [0.1, 0.15) is 30.0 Å². The van der Waals surface area contributed by atoms with Gasteiger partial charge in [-0.1, -0.05) is 17.7 Å². The minimum Gasteiger partial charge on any atom is -0.493 e. The molecule has 3 aromatic heterocycles. The van der Waals surface area contributed by atoms with Crippen LogP contribution in [-0.4, -0.2) is 45.7 Å². The summed E-state index contributed by atoms with van der Waals surface area (Å²) in [4.78, 5) is 13.4. The van der Waals surface area contributed by atoms with Gasteiger partial charge >= 0.3 is 5.97 Å². The fraction of sp³-hybridized carbons (Fsp3) is 0.359. The molecule has 0 spiro atoms. The van der Waals surface area contributed by atoms with Crippen LogP contribution < -0.4 is 9.42 Å². The number of esters is 1. The molecule has 3 aromatic carbocycles. The number of hydrogen-bond acceptors (Lipinski definition) is 5. The summed E-state index contributed by atoms with van der Waals surface area (Å²) < 4.78 is 38.8. The predicted molar refractivity (Wildman–Crippen MR) is 189 cm³/mol. The van der Waals surface area contributed by atoms with E-state index < -0.39 is 5.97 Å². The molecule has 2 aliphatic rings. The van der Waals surface area contributed by atoms with Gasteiger partial charge in [0.05, 0.1) is 30.7 Å². The Bertz CT molecular complexity index is 2300. The zero-order valence-electron chi connectivity index (χ0n) is 28.7. The Kier molecular flexibility index (Phi) is 8.39. The molecule has 1 atom stereocenters. The minimum atomic E-state index is -0.407. The fourth-order valence-corrected chi connectivity index (χ4v) is 8.27. The Balaban J connectivity index is 1.29. The molecule has 258 valence electrons. The molecule has 8 bridgehead atoms. The van der Waals surface area contributed by atoms with Crippen LogP contribution in [0.3, 0.4) is 0 Å². The van der Waals surface area contributed by atoms with Crippen molar-refractivity contribution in [1.82, 2.24) is 19.4 Å². The number of nitrogens with zero attached hydrogens (tertiary/aromatic N) is 4. The van der Waals surface area contributed by atoms with Gasteiger partial charge in [0.25, 0.3) is 0 Å². The first-order valence-corrected chi connectivity index (χ1v) is 17.6. The number of nitrogens with one attached hydrogen (secondary N) is 1. The van der Waals surface area contributed by atoms with Crippen molar-refractivity contribution in [2.45, 2.75) is 65.1 Å². The van der Waals surface area contributed by atoms with Crippen molar-refractivity contribution in [1.29, 1.82) is 0 Å². The third-order valence-electron chi connectivity index (χ3n) is 10.3. The van der Waals surface area contributed by atoms with Crippen LogP contribution in [0.5, 0.6) is 5.75 Å². The number of aromatic amines is 1. The molecule has 50 heavy (non-hydrogen) atoms. The number of rotatable bonds is 1. The number of aromatic nitrogens is 5. The lowest BCUT2D eigenvalue weighted by Crippen LogP contribution is -2.47. The Morgan fingerprint density at radius 2 is 1.94 bits per heavy atom. The SMILES string of the molecule is COC(=O)c1c(C)c2c3c(Cl)ccc2n1CCCOc1cc(cc2cc(F)ccc12)CCc1cc(nn1C)CCC1OCC[n+]2[nH]c(C)c-3c21. The van der Waals surface area contributed by atoms with E-state index in [1.807, 2.05) is 41.4 Å². The highest BCUT2D eigenvalue weighted by Crippen LogP contribution is 2.44. The van der Waals surface area contributed by atoms with Gasteiger partial charge in [-0.3, -0.25) is 4.68 Å². The molecule has 8 rings (SSSR count). The number of hydrogen-bond donors (Lipinski definition) is 1. The van der Waals surface area contributed by atoms with Gasteiger partial charge in [0.2, 0.25) is 5.69 Å². The van der Waals surface area contributed by atoms with Crippen LogP contribution in [0.15, 0.2) is 48.5 Å². The third-order valence-corrected chi connectivity index (χ3v) is 10.6. The van der Waals surface area contributed by atoms with Gasteiger partial charge in [0, 0.05) is 46.2 Å². The van der Waals surface area contributed by atoms with Crippen LogP contribution in [0.4, 0.5) is 4.39 Å². The second-order valence-corrected chi connectivity index (χ2v) is 13.8. The molecule has 6 aromatic rings. The maximum Gasteiger partial charge on any atom is 0.354 e. The van der Waals surface area contributed by atoms with E-state index in [9.17, 15) is 9.18 Å². The Morgan fingerprint density at radius 3 is 2.78 bits per heavy atom. The highest BCUT2D eigenvalue weighted by molar-refractivity contribution is 6.35. The van der Waals surface area contributed by atoms with Crippen LogP contribution in [0.25, 0.3) is 32.8 Å². The van der Waals surface area contributed by atoms with E-state index in [4.69, 9.17) is 30.9 Å². The molecule has 9 nitrogen and oxygen atoms in total. The average molecular weight is 697 g/mol. The Morgan fingerprint density at radius 1 is 1.08 bits per heavy atom. The van der Waals surface area contributed by atoms with E-state index >= 15 is 0 Å². The average Bonchev–Trinajstić information content (AvgIpc) is 3.73. The second kappa shape index (κ2) is 12.9. The quantitative estimate of drug-likeness (QED) is 0.144. The number of aryl methyl sites for hydroxylation is 7. The van der Waals surface area contributed by atoms with Crippen LogP contribution in [0.1, 0.15) is 63.3 Å². The number of fused-ring (bicyclic) bond motifs is 7. The van der Waals surface area contributed by atoms with Crippen molar-refractivity contribution in [3.05, 3.63) is 99.0 Å². The van der Waals surface area contributed by atoms with Crippen molar-refractivity contribution in [3.63, 3.8) is 0 Å². The lowest BCUT2D eigenvalue weighted by Gasteiger charge is -2.19. The van der Waals surface area contributed by atoms with Crippen molar-refractivity contribution in [2.24, 2.45) is 7.05 Å². The van der Waals surface area contributed by atoms with E-state index in [0.29, 0.717) is 49.2 Å². The monoisotopic (exact) mass is 696 g/mol. The van der Waals surface area contributed by atoms with Gasteiger partial charge in [-0.25, -0.2) is 9.18 Å². The first kappa shape index (κ1) is 32.5. The molecular formula is C39H40ClFN5O4+. The molecule has 2 aliphatic heterocycles. The third kappa shape index (κ3) is 5.54. The molecule has 0 fully saturated rings. The van der Waals surface area contributed by atoms with Crippen molar-refractivity contribution >= 4 is 39.2 Å². The molecule has 1 unspecified atom stereocenters. The summed E-state index contributed by atoms with van der Waals surface area (Å²) >= 11 is 7.12. The van der Waals surface area contributed by atoms with Crippen LogP contribution >= 0.6 is 11.6 Å². The Hall–Kier alpha value is -4.67. The summed E-state index contributed by atoms with van der Waals surface area (Å²) in [6, 6.07) is 15.0. The van der Waals surface area contributed by atoms with Gasteiger partial charge in [-0.2, -0.15) is 10.2 Å². The van der Waals surface area contributed by atoms with Gasteiger partial charge < -0.3 is 18.8 Å². The molecular weight excluding hydrogens is 657 g/mol. The van der Waals surface area contributed by atoms with E-state index in [0.717, 1.165) is 92.4 Å². The number of carbonyl (C=O) groups is 1. The van der Waals surface area contributed by atoms with Crippen molar-refractivity contribution in [3.8, 4) is 16.9 Å². The highest BCUT2D eigenvalue weighted by Gasteiger charge is 2.38. The van der Waals surface area contributed by atoms with E-state index in [2.05, 4.69) is 28.8 Å². The number of carbonyl (C=O) groups excluding carboxylic acids is 1. The summed E-state index contributed by atoms with van der Waals surface area (Å²) in [5, 5.41) is 11.6. The normalized spacial score (nSPS) is 16.6. The molecule has 0 aliphatic carbocycles. The van der Waals surface area contributed by atoms with E-state index in [1.165, 1.54) is 13.2 Å².